The molecule has 0 spiro atoms. The van der Waals surface area contributed by atoms with Gasteiger partial charge in [0.15, 0.2) is 0 Å². The smallest absolute Gasteiger partial charge is 0.0247 e. The molecule has 0 bridgehead atoms. The molecule has 0 radical (unpaired) electrons. The molecule has 0 aliphatic rings. The second-order valence-electron chi connectivity index (χ2n) is 3.06. The van der Waals surface area contributed by atoms with Crippen LogP contribution >= 0.6 is 0 Å². The third kappa shape index (κ3) is 3.78. The summed E-state index contributed by atoms with van der Waals surface area (Å²) in [6.45, 7) is 2.80. The Morgan fingerprint density at radius 2 is 2.23 bits per heavy atom. The highest BCUT2D eigenvalue weighted by Gasteiger charge is 1.85. The Morgan fingerprint density at radius 1 is 1.38 bits per heavy atom. The van der Waals surface area contributed by atoms with E-state index >= 15 is 0 Å². The van der Waals surface area contributed by atoms with Crippen LogP contribution in [0.2, 0.25) is 0 Å². The van der Waals surface area contributed by atoms with E-state index in [-0.39, 0.29) is 0 Å². The second-order valence-corrected chi connectivity index (χ2v) is 3.06. The van der Waals surface area contributed by atoms with Crippen molar-refractivity contribution < 1.29 is 0 Å². The first-order valence-corrected chi connectivity index (χ1v) is 4.58. The van der Waals surface area contributed by atoms with Crippen LogP contribution in [0, 0.1) is 18.8 Å². The molecule has 1 nitrogen and oxygen atoms in total. The predicted molar refractivity (Wildman–Crippen MR) is 56.3 cm³/mol. The van der Waals surface area contributed by atoms with Crippen molar-refractivity contribution in [2.24, 2.45) is 5.73 Å². The Bertz CT molecular complexity index is 317. The monoisotopic (exact) mass is 173 g/mol. The van der Waals surface area contributed by atoms with Gasteiger partial charge in [-0.05, 0) is 37.6 Å². The van der Waals surface area contributed by atoms with Gasteiger partial charge in [-0.15, -0.1) is 0 Å². The van der Waals surface area contributed by atoms with E-state index in [9.17, 15) is 0 Å². The average molecular weight is 173 g/mol. The topological polar surface area (TPSA) is 26.0 Å². The van der Waals surface area contributed by atoms with Gasteiger partial charge in [0.25, 0.3) is 0 Å². The Morgan fingerprint density at radius 3 is 2.92 bits per heavy atom. The lowest BCUT2D eigenvalue weighted by Gasteiger charge is -1.92. The molecule has 13 heavy (non-hydrogen) atoms. The molecule has 2 N–H and O–H groups in total. The maximum Gasteiger partial charge on any atom is 0.0247 e. The standard InChI is InChI=1S/C12H15N/c1-11-6-5-8-12(10-11)7-3-2-4-9-13/h5-6,8,10H,2,4,9,13H2,1H3. The minimum absolute atomic E-state index is 0.725. The Hall–Kier alpha value is -1.26. The summed E-state index contributed by atoms with van der Waals surface area (Å²) in [7, 11) is 0. The van der Waals surface area contributed by atoms with Crippen molar-refractivity contribution in [2.45, 2.75) is 19.8 Å². The van der Waals surface area contributed by atoms with Crippen LogP contribution in [0.4, 0.5) is 0 Å². The van der Waals surface area contributed by atoms with Crippen molar-refractivity contribution in [3.8, 4) is 11.8 Å². The van der Waals surface area contributed by atoms with E-state index in [1.54, 1.807) is 0 Å². The van der Waals surface area contributed by atoms with Gasteiger partial charge in [0.2, 0.25) is 0 Å². The van der Waals surface area contributed by atoms with Gasteiger partial charge in [-0.1, -0.05) is 24.0 Å². The first-order valence-electron chi connectivity index (χ1n) is 4.58. The predicted octanol–water partition coefficient (Wildman–Crippen LogP) is 2.09. The first kappa shape index (κ1) is 9.83. The zero-order valence-electron chi connectivity index (χ0n) is 8.01. The SMILES string of the molecule is Cc1cccc(C#CCCCN)c1. The van der Waals surface area contributed by atoms with Crippen LogP contribution in [0.1, 0.15) is 24.0 Å². The molecule has 1 rings (SSSR count). The number of unbranched alkanes of at least 4 members (excludes halogenated alkanes) is 1. The summed E-state index contributed by atoms with van der Waals surface area (Å²) in [6.07, 6.45) is 1.88. The molecule has 0 aliphatic carbocycles. The van der Waals surface area contributed by atoms with Crippen LogP contribution in [-0.4, -0.2) is 6.54 Å². The molecular weight excluding hydrogens is 158 g/mol. The molecule has 0 saturated carbocycles. The molecule has 1 aromatic rings. The van der Waals surface area contributed by atoms with Crippen molar-refractivity contribution in [1.29, 1.82) is 0 Å². The molecule has 0 amide bonds. The van der Waals surface area contributed by atoms with Crippen molar-refractivity contribution in [2.75, 3.05) is 6.54 Å². The highest BCUT2D eigenvalue weighted by Crippen LogP contribution is 2.01. The van der Waals surface area contributed by atoms with Crippen LogP contribution in [0.5, 0.6) is 0 Å². The van der Waals surface area contributed by atoms with Gasteiger partial charge in [-0.2, -0.15) is 0 Å². The summed E-state index contributed by atoms with van der Waals surface area (Å²) >= 11 is 0. The number of hydrogen-bond donors (Lipinski definition) is 1. The molecule has 0 unspecified atom stereocenters. The number of nitrogens with two attached hydrogens (primary N) is 1. The molecule has 0 atom stereocenters. The summed E-state index contributed by atoms with van der Waals surface area (Å²) in [5, 5.41) is 0. The maximum absolute atomic E-state index is 5.36. The van der Waals surface area contributed by atoms with Gasteiger partial charge in [0, 0.05) is 12.0 Å². The van der Waals surface area contributed by atoms with Crippen LogP contribution in [0.25, 0.3) is 0 Å². The molecule has 0 aliphatic heterocycles. The van der Waals surface area contributed by atoms with E-state index in [4.69, 9.17) is 5.73 Å². The molecule has 0 saturated heterocycles. The fourth-order valence-corrected chi connectivity index (χ4v) is 1.08. The minimum atomic E-state index is 0.725. The molecule has 1 heteroatoms. The summed E-state index contributed by atoms with van der Waals surface area (Å²) in [4.78, 5) is 0. The number of aryl methyl sites for hydroxylation is 1. The van der Waals surface area contributed by atoms with E-state index in [2.05, 4.69) is 30.9 Å². The molecule has 0 fully saturated rings. The zero-order valence-corrected chi connectivity index (χ0v) is 8.01. The molecule has 1 aromatic carbocycles. The molecule has 0 aromatic heterocycles. The van der Waals surface area contributed by atoms with Crippen LogP contribution in [-0.2, 0) is 0 Å². The summed E-state index contributed by atoms with van der Waals surface area (Å²) in [6, 6.07) is 8.23. The van der Waals surface area contributed by atoms with Gasteiger partial charge in [-0.25, -0.2) is 0 Å². The Labute approximate surface area is 80.0 Å². The van der Waals surface area contributed by atoms with Gasteiger partial charge in [-0.3, -0.25) is 0 Å². The Balaban J connectivity index is 2.56. The van der Waals surface area contributed by atoms with E-state index in [1.807, 2.05) is 12.1 Å². The first-order chi connectivity index (χ1) is 6.33. The lowest BCUT2D eigenvalue weighted by Crippen LogP contribution is -1.96. The fourth-order valence-electron chi connectivity index (χ4n) is 1.08. The fraction of sp³-hybridized carbons (Fsp3) is 0.333. The maximum atomic E-state index is 5.36. The highest BCUT2D eigenvalue weighted by atomic mass is 14.5. The van der Waals surface area contributed by atoms with Gasteiger partial charge in [0.1, 0.15) is 0 Å². The number of benzene rings is 1. The zero-order chi connectivity index (χ0) is 9.52. The van der Waals surface area contributed by atoms with Gasteiger partial charge >= 0.3 is 0 Å². The number of rotatable bonds is 2. The Kier molecular flexibility index (Phi) is 4.08. The molecular formula is C12H15N. The van der Waals surface area contributed by atoms with Crippen LogP contribution in [0.15, 0.2) is 24.3 Å². The summed E-state index contributed by atoms with van der Waals surface area (Å²) in [5.41, 5.74) is 7.71. The normalized spacial score (nSPS) is 9.08. The van der Waals surface area contributed by atoms with Crippen molar-refractivity contribution >= 4 is 0 Å². The number of hydrogen-bond acceptors (Lipinski definition) is 1. The lowest BCUT2D eigenvalue weighted by molar-refractivity contribution is 0.870. The largest absolute Gasteiger partial charge is 0.330 e. The van der Waals surface area contributed by atoms with Crippen LogP contribution < -0.4 is 5.73 Å². The minimum Gasteiger partial charge on any atom is -0.330 e. The summed E-state index contributed by atoms with van der Waals surface area (Å²) in [5.74, 6) is 6.21. The average Bonchev–Trinajstić information content (AvgIpc) is 2.13. The van der Waals surface area contributed by atoms with Crippen molar-refractivity contribution in [1.82, 2.24) is 0 Å². The summed E-state index contributed by atoms with van der Waals surface area (Å²) < 4.78 is 0. The van der Waals surface area contributed by atoms with Crippen molar-refractivity contribution in [3.05, 3.63) is 35.4 Å². The van der Waals surface area contributed by atoms with E-state index in [0.29, 0.717) is 0 Å². The van der Waals surface area contributed by atoms with Crippen LogP contribution in [0.3, 0.4) is 0 Å². The van der Waals surface area contributed by atoms with E-state index in [0.717, 1.165) is 24.9 Å². The quantitative estimate of drug-likeness (QED) is 0.538. The lowest BCUT2D eigenvalue weighted by atomic mass is 10.1. The van der Waals surface area contributed by atoms with Gasteiger partial charge < -0.3 is 5.73 Å². The third-order valence-corrected chi connectivity index (χ3v) is 1.76. The second kappa shape index (κ2) is 5.40. The van der Waals surface area contributed by atoms with E-state index in [1.165, 1.54) is 5.56 Å². The van der Waals surface area contributed by atoms with Crippen molar-refractivity contribution in [3.63, 3.8) is 0 Å². The van der Waals surface area contributed by atoms with Gasteiger partial charge in [0.05, 0.1) is 0 Å². The molecule has 68 valence electrons. The third-order valence-electron chi connectivity index (χ3n) is 1.76. The van der Waals surface area contributed by atoms with E-state index < -0.39 is 0 Å². The molecule has 0 heterocycles. The highest BCUT2D eigenvalue weighted by molar-refractivity contribution is 5.36.